The third kappa shape index (κ3) is 2.90. The molecule has 4 nitrogen and oxygen atoms in total. The van der Waals surface area contributed by atoms with Gasteiger partial charge in [-0.25, -0.2) is 0 Å². The van der Waals surface area contributed by atoms with Crippen molar-refractivity contribution in [1.29, 1.82) is 0 Å². The van der Waals surface area contributed by atoms with Gasteiger partial charge in [0.25, 0.3) is 5.91 Å². The number of hydrogen-bond donors (Lipinski definition) is 3. The second-order valence-electron chi connectivity index (χ2n) is 4.36. The van der Waals surface area contributed by atoms with Crippen LogP contribution in [0.1, 0.15) is 23.2 Å². The number of nitrogens with one attached hydrogen (secondary N) is 1. The van der Waals surface area contributed by atoms with Crippen LogP contribution in [0.3, 0.4) is 0 Å². The average molecular weight is 256 g/mol. The highest BCUT2D eigenvalue weighted by Gasteiger charge is 2.27. The number of aromatic hydroxyl groups is 1. The van der Waals surface area contributed by atoms with Crippen LogP contribution in [0.4, 0.5) is 0 Å². The average Bonchev–Trinajstić information content (AvgIpc) is 2.22. The molecule has 17 heavy (non-hydrogen) atoms. The van der Waals surface area contributed by atoms with Crippen LogP contribution in [0.15, 0.2) is 18.2 Å². The third-order valence-corrected chi connectivity index (χ3v) is 3.20. The molecule has 1 aliphatic rings. The van der Waals surface area contributed by atoms with Crippen LogP contribution in [-0.4, -0.2) is 28.8 Å². The van der Waals surface area contributed by atoms with Crippen LogP contribution >= 0.6 is 11.6 Å². The molecular weight excluding hydrogens is 242 g/mol. The van der Waals surface area contributed by atoms with E-state index in [0.29, 0.717) is 17.5 Å². The van der Waals surface area contributed by atoms with Crippen molar-refractivity contribution < 1.29 is 15.0 Å². The summed E-state index contributed by atoms with van der Waals surface area (Å²) in [7, 11) is 0. The van der Waals surface area contributed by atoms with Gasteiger partial charge < -0.3 is 15.5 Å². The summed E-state index contributed by atoms with van der Waals surface area (Å²) in [6.07, 6.45) is 1.24. The summed E-state index contributed by atoms with van der Waals surface area (Å²) in [4.78, 5) is 11.7. The van der Waals surface area contributed by atoms with Crippen molar-refractivity contribution >= 4 is 17.5 Å². The maximum atomic E-state index is 11.7. The maximum Gasteiger partial charge on any atom is 0.255 e. The van der Waals surface area contributed by atoms with E-state index in [0.717, 1.165) is 12.8 Å². The van der Waals surface area contributed by atoms with Gasteiger partial charge in [-0.15, -0.1) is 0 Å². The molecule has 0 saturated heterocycles. The Labute approximate surface area is 104 Å². The van der Waals surface area contributed by atoms with Crippen molar-refractivity contribution in [2.45, 2.75) is 18.9 Å². The van der Waals surface area contributed by atoms with Crippen LogP contribution in [0.2, 0.25) is 5.02 Å². The minimum Gasteiger partial charge on any atom is -0.507 e. The molecule has 1 aromatic rings. The molecule has 0 radical (unpaired) electrons. The topological polar surface area (TPSA) is 69.6 Å². The van der Waals surface area contributed by atoms with Crippen molar-refractivity contribution in [2.75, 3.05) is 6.54 Å². The highest BCUT2D eigenvalue weighted by atomic mass is 35.5. The molecule has 1 saturated carbocycles. The van der Waals surface area contributed by atoms with Gasteiger partial charge in [-0.05, 0) is 37.0 Å². The summed E-state index contributed by atoms with van der Waals surface area (Å²) in [5.41, 5.74) is 0.217. The predicted molar refractivity (Wildman–Crippen MR) is 64.2 cm³/mol. The Morgan fingerprint density at radius 3 is 2.76 bits per heavy atom. The lowest BCUT2D eigenvalue weighted by molar-refractivity contribution is 0.0420. The van der Waals surface area contributed by atoms with E-state index in [9.17, 15) is 9.90 Å². The van der Waals surface area contributed by atoms with E-state index in [1.54, 1.807) is 6.07 Å². The number of aliphatic hydroxyl groups excluding tert-OH is 1. The zero-order valence-electron chi connectivity index (χ0n) is 9.19. The lowest BCUT2D eigenvalue weighted by atomic mass is 9.82. The van der Waals surface area contributed by atoms with Gasteiger partial charge in [0, 0.05) is 11.6 Å². The zero-order valence-corrected chi connectivity index (χ0v) is 9.94. The summed E-state index contributed by atoms with van der Waals surface area (Å²) in [5, 5.41) is 21.8. The Morgan fingerprint density at radius 1 is 1.47 bits per heavy atom. The lowest BCUT2D eigenvalue weighted by Crippen LogP contribution is -2.38. The molecular formula is C12H14ClNO3. The van der Waals surface area contributed by atoms with Gasteiger partial charge in [0.2, 0.25) is 0 Å². The Kier molecular flexibility index (Phi) is 3.54. The van der Waals surface area contributed by atoms with Crippen LogP contribution in [-0.2, 0) is 0 Å². The van der Waals surface area contributed by atoms with Crippen molar-refractivity contribution in [2.24, 2.45) is 5.92 Å². The second kappa shape index (κ2) is 4.94. The number of rotatable bonds is 3. The van der Waals surface area contributed by atoms with Crippen LogP contribution in [0.25, 0.3) is 0 Å². The van der Waals surface area contributed by atoms with Gasteiger partial charge in [-0.2, -0.15) is 0 Å². The van der Waals surface area contributed by atoms with E-state index in [1.165, 1.54) is 12.1 Å². The molecule has 0 atom stereocenters. The fourth-order valence-electron chi connectivity index (χ4n) is 1.90. The van der Waals surface area contributed by atoms with Gasteiger partial charge in [-0.1, -0.05) is 11.6 Å². The summed E-state index contributed by atoms with van der Waals surface area (Å²) in [6, 6.07) is 4.38. The number of carbonyl (C=O) groups is 1. The van der Waals surface area contributed by atoms with Crippen LogP contribution < -0.4 is 5.32 Å². The van der Waals surface area contributed by atoms with Gasteiger partial charge in [0.05, 0.1) is 11.7 Å². The van der Waals surface area contributed by atoms with Gasteiger partial charge in [0.15, 0.2) is 0 Å². The molecule has 0 bridgehead atoms. The first kappa shape index (κ1) is 12.2. The first-order chi connectivity index (χ1) is 8.06. The summed E-state index contributed by atoms with van der Waals surface area (Å²) in [5.74, 6) is -0.104. The van der Waals surface area contributed by atoms with Gasteiger partial charge in [0.1, 0.15) is 5.75 Å². The SMILES string of the molecule is O=C(NCC1CC(O)C1)c1ccc(Cl)cc1O. The number of aliphatic hydroxyl groups is 1. The first-order valence-corrected chi connectivity index (χ1v) is 5.89. The number of halogens is 1. The Bertz CT molecular complexity index is 430. The number of benzene rings is 1. The lowest BCUT2D eigenvalue weighted by Gasteiger charge is -2.31. The van der Waals surface area contributed by atoms with Crippen molar-refractivity contribution in [3.05, 3.63) is 28.8 Å². The van der Waals surface area contributed by atoms with E-state index in [4.69, 9.17) is 16.7 Å². The van der Waals surface area contributed by atoms with Gasteiger partial charge in [-0.3, -0.25) is 4.79 Å². The molecule has 5 heteroatoms. The molecule has 2 rings (SSSR count). The number of amides is 1. The Morgan fingerprint density at radius 2 is 2.18 bits per heavy atom. The summed E-state index contributed by atoms with van der Waals surface area (Å²) >= 11 is 5.68. The first-order valence-electron chi connectivity index (χ1n) is 5.51. The van der Waals surface area contributed by atoms with E-state index in [-0.39, 0.29) is 23.3 Å². The summed E-state index contributed by atoms with van der Waals surface area (Å²) < 4.78 is 0. The number of phenols is 1. The van der Waals surface area contributed by atoms with E-state index in [1.807, 2.05) is 0 Å². The van der Waals surface area contributed by atoms with Crippen molar-refractivity contribution in [3.63, 3.8) is 0 Å². The standard InChI is InChI=1S/C12H14ClNO3/c13-8-1-2-10(11(16)5-8)12(17)14-6-7-3-9(15)4-7/h1-2,5,7,9,15-16H,3-4,6H2,(H,14,17). The third-order valence-electron chi connectivity index (χ3n) is 2.97. The molecule has 92 valence electrons. The van der Waals surface area contributed by atoms with Crippen LogP contribution in [0, 0.1) is 5.92 Å². The van der Waals surface area contributed by atoms with E-state index >= 15 is 0 Å². The zero-order chi connectivity index (χ0) is 12.4. The fraction of sp³-hybridized carbons (Fsp3) is 0.417. The quantitative estimate of drug-likeness (QED) is 0.768. The highest BCUT2D eigenvalue weighted by molar-refractivity contribution is 6.30. The number of carbonyl (C=O) groups excluding carboxylic acids is 1. The van der Waals surface area contributed by atoms with Gasteiger partial charge >= 0.3 is 0 Å². The van der Waals surface area contributed by atoms with Crippen LogP contribution in [0.5, 0.6) is 5.75 Å². The number of phenolic OH excluding ortho intramolecular Hbond substituents is 1. The molecule has 1 aromatic carbocycles. The van der Waals surface area contributed by atoms with E-state index in [2.05, 4.69) is 5.32 Å². The monoisotopic (exact) mass is 255 g/mol. The molecule has 3 N–H and O–H groups in total. The summed E-state index contributed by atoms with van der Waals surface area (Å²) in [6.45, 7) is 0.526. The molecule has 0 heterocycles. The minimum absolute atomic E-state index is 0.122. The van der Waals surface area contributed by atoms with Crippen molar-refractivity contribution in [1.82, 2.24) is 5.32 Å². The highest BCUT2D eigenvalue weighted by Crippen LogP contribution is 2.26. The molecule has 0 spiro atoms. The predicted octanol–water partition coefficient (Wildman–Crippen LogP) is 1.55. The normalized spacial score (nSPS) is 22.9. The Balaban J connectivity index is 1.91. The van der Waals surface area contributed by atoms with Crippen molar-refractivity contribution in [3.8, 4) is 5.75 Å². The molecule has 1 amide bonds. The molecule has 0 aliphatic heterocycles. The Hall–Kier alpha value is -1.26. The minimum atomic E-state index is -0.319. The molecule has 1 fully saturated rings. The van der Waals surface area contributed by atoms with E-state index < -0.39 is 0 Å². The number of hydrogen-bond acceptors (Lipinski definition) is 3. The molecule has 1 aliphatic carbocycles. The fourth-order valence-corrected chi connectivity index (χ4v) is 2.06. The second-order valence-corrected chi connectivity index (χ2v) is 4.80. The molecule has 0 aromatic heterocycles. The largest absolute Gasteiger partial charge is 0.507 e. The molecule has 0 unspecified atom stereocenters. The maximum absolute atomic E-state index is 11.7. The smallest absolute Gasteiger partial charge is 0.255 e.